The quantitative estimate of drug-likeness (QED) is 0.605. The lowest BCUT2D eigenvalue weighted by Crippen LogP contribution is -2.09. The Morgan fingerprint density at radius 1 is 1.10 bits per heavy atom. The van der Waals surface area contributed by atoms with Crippen LogP contribution in [0.5, 0.6) is 0 Å². The van der Waals surface area contributed by atoms with Crippen LogP contribution in [0.3, 0.4) is 0 Å². The SMILES string of the molecule is CC(C)[C](CCO)CCO. The van der Waals surface area contributed by atoms with Gasteiger partial charge in [0.15, 0.2) is 0 Å². The molecule has 0 aromatic carbocycles. The van der Waals surface area contributed by atoms with Gasteiger partial charge >= 0.3 is 0 Å². The van der Waals surface area contributed by atoms with Crippen LogP contribution >= 0.6 is 0 Å². The number of rotatable bonds is 5. The van der Waals surface area contributed by atoms with Crippen LogP contribution in [0, 0.1) is 11.8 Å². The summed E-state index contributed by atoms with van der Waals surface area (Å²) in [5, 5.41) is 17.2. The summed E-state index contributed by atoms with van der Waals surface area (Å²) < 4.78 is 0. The normalized spacial score (nSPS) is 11.4. The van der Waals surface area contributed by atoms with Gasteiger partial charge in [-0.2, -0.15) is 0 Å². The first kappa shape index (κ1) is 9.92. The molecule has 0 fully saturated rings. The fourth-order valence-corrected chi connectivity index (χ4v) is 0.990. The van der Waals surface area contributed by atoms with Crippen LogP contribution in [0.25, 0.3) is 0 Å². The molecule has 0 rings (SSSR count). The lowest BCUT2D eigenvalue weighted by molar-refractivity contribution is 0.255. The first-order valence-corrected chi connectivity index (χ1v) is 3.78. The summed E-state index contributed by atoms with van der Waals surface area (Å²) in [6.07, 6.45) is 1.47. The molecule has 0 aliphatic carbocycles. The highest BCUT2D eigenvalue weighted by atomic mass is 16.3. The Balaban J connectivity index is 3.50. The zero-order valence-corrected chi connectivity index (χ0v) is 6.80. The second-order valence-corrected chi connectivity index (χ2v) is 2.76. The van der Waals surface area contributed by atoms with Gasteiger partial charge in [-0.3, -0.25) is 0 Å². The van der Waals surface area contributed by atoms with Crippen molar-refractivity contribution < 1.29 is 10.2 Å². The van der Waals surface area contributed by atoms with E-state index < -0.39 is 0 Å². The second kappa shape index (κ2) is 5.69. The van der Waals surface area contributed by atoms with Gasteiger partial charge < -0.3 is 10.2 Å². The maximum atomic E-state index is 8.61. The van der Waals surface area contributed by atoms with Crippen molar-refractivity contribution >= 4 is 0 Å². The van der Waals surface area contributed by atoms with Crippen LogP contribution in [0.1, 0.15) is 26.7 Å². The third kappa shape index (κ3) is 3.85. The van der Waals surface area contributed by atoms with Gasteiger partial charge in [0.1, 0.15) is 0 Å². The van der Waals surface area contributed by atoms with Crippen molar-refractivity contribution in [2.24, 2.45) is 5.92 Å². The fraction of sp³-hybridized carbons (Fsp3) is 0.875. The molecule has 1 radical (unpaired) electrons. The zero-order valence-electron chi connectivity index (χ0n) is 6.80. The van der Waals surface area contributed by atoms with E-state index in [9.17, 15) is 0 Å². The number of aliphatic hydroxyl groups excluding tert-OH is 2. The molecule has 2 N–H and O–H groups in total. The number of hydrogen-bond acceptors (Lipinski definition) is 2. The van der Waals surface area contributed by atoms with E-state index in [1.54, 1.807) is 0 Å². The first-order valence-electron chi connectivity index (χ1n) is 3.78. The molecule has 0 bridgehead atoms. The molecule has 61 valence electrons. The molecule has 0 atom stereocenters. The molecular formula is C8H17O2. The summed E-state index contributed by atoms with van der Waals surface area (Å²) in [4.78, 5) is 0. The Kier molecular flexibility index (Phi) is 5.64. The highest BCUT2D eigenvalue weighted by Gasteiger charge is 2.11. The van der Waals surface area contributed by atoms with Gasteiger partial charge in [-0.15, -0.1) is 0 Å². The van der Waals surface area contributed by atoms with E-state index in [1.807, 2.05) is 0 Å². The monoisotopic (exact) mass is 145 g/mol. The van der Waals surface area contributed by atoms with Crippen molar-refractivity contribution in [3.63, 3.8) is 0 Å². The predicted octanol–water partition coefficient (Wildman–Crippen LogP) is 0.982. The van der Waals surface area contributed by atoms with E-state index in [0.29, 0.717) is 5.92 Å². The van der Waals surface area contributed by atoms with Crippen molar-refractivity contribution in [2.45, 2.75) is 26.7 Å². The smallest absolute Gasteiger partial charge is 0.0436 e. The van der Waals surface area contributed by atoms with Crippen LogP contribution < -0.4 is 0 Å². The first-order chi connectivity index (χ1) is 4.72. The van der Waals surface area contributed by atoms with Crippen LogP contribution in [0.2, 0.25) is 0 Å². The summed E-state index contributed by atoms with van der Waals surface area (Å²) in [6.45, 7) is 4.57. The molecule has 0 aromatic heterocycles. The van der Waals surface area contributed by atoms with Crippen molar-refractivity contribution in [1.82, 2.24) is 0 Å². The van der Waals surface area contributed by atoms with Gasteiger partial charge in [0.2, 0.25) is 0 Å². The molecule has 0 saturated carbocycles. The summed E-state index contributed by atoms with van der Waals surface area (Å²) in [6, 6.07) is 0. The highest BCUT2D eigenvalue weighted by molar-refractivity contribution is 4.91. The Hall–Kier alpha value is -0.0800. The van der Waals surface area contributed by atoms with E-state index in [1.165, 1.54) is 5.92 Å². The summed E-state index contributed by atoms with van der Waals surface area (Å²) in [5.41, 5.74) is 0. The van der Waals surface area contributed by atoms with E-state index >= 15 is 0 Å². The van der Waals surface area contributed by atoms with E-state index in [4.69, 9.17) is 10.2 Å². The number of hydrogen-bond donors (Lipinski definition) is 2. The Morgan fingerprint density at radius 3 is 1.70 bits per heavy atom. The molecule has 0 aromatic rings. The molecule has 0 amide bonds. The molecule has 10 heavy (non-hydrogen) atoms. The summed E-state index contributed by atoms with van der Waals surface area (Å²) in [7, 11) is 0. The second-order valence-electron chi connectivity index (χ2n) is 2.76. The van der Waals surface area contributed by atoms with Crippen LogP contribution in [0.4, 0.5) is 0 Å². The average molecular weight is 145 g/mol. The van der Waals surface area contributed by atoms with Gasteiger partial charge in [-0.1, -0.05) is 13.8 Å². The molecule has 0 heterocycles. The molecule has 0 unspecified atom stereocenters. The van der Waals surface area contributed by atoms with Gasteiger partial charge in [-0.25, -0.2) is 0 Å². The van der Waals surface area contributed by atoms with E-state index in [0.717, 1.165) is 12.8 Å². The van der Waals surface area contributed by atoms with Crippen molar-refractivity contribution in [2.75, 3.05) is 13.2 Å². The number of aliphatic hydroxyl groups is 2. The molecule has 0 spiro atoms. The van der Waals surface area contributed by atoms with E-state index in [2.05, 4.69) is 13.8 Å². The molecule has 0 aliphatic rings. The van der Waals surface area contributed by atoms with Crippen LogP contribution in [-0.4, -0.2) is 23.4 Å². The van der Waals surface area contributed by atoms with Crippen molar-refractivity contribution in [3.8, 4) is 0 Å². The Labute approximate surface area is 62.9 Å². The molecule has 0 saturated heterocycles. The van der Waals surface area contributed by atoms with Crippen LogP contribution in [-0.2, 0) is 0 Å². The minimum absolute atomic E-state index is 0.202. The van der Waals surface area contributed by atoms with Gasteiger partial charge in [0, 0.05) is 13.2 Å². The van der Waals surface area contributed by atoms with Gasteiger partial charge in [0.25, 0.3) is 0 Å². The topological polar surface area (TPSA) is 40.5 Å². The molecule has 2 nitrogen and oxygen atoms in total. The van der Waals surface area contributed by atoms with Crippen molar-refractivity contribution in [1.29, 1.82) is 0 Å². The highest BCUT2D eigenvalue weighted by Crippen LogP contribution is 2.20. The predicted molar refractivity (Wildman–Crippen MR) is 41.5 cm³/mol. The lowest BCUT2D eigenvalue weighted by atomic mass is 9.90. The summed E-state index contributed by atoms with van der Waals surface area (Å²) in [5.74, 6) is 1.74. The van der Waals surface area contributed by atoms with Crippen LogP contribution in [0.15, 0.2) is 0 Å². The third-order valence-corrected chi connectivity index (χ3v) is 1.68. The van der Waals surface area contributed by atoms with Gasteiger partial charge in [-0.05, 0) is 24.7 Å². The minimum atomic E-state index is 0.202. The summed E-state index contributed by atoms with van der Waals surface area (Å²) >= 11 is 0. The maximum absolute atomic E-state index is 8.61. The molecule has 0 aliphatic heterocycles. The third-order valence-electron chi connectivity index (χ3n) is 1.68. The molecular weight excluding hydrogens is 128 g/mol. The van der Waals surface area contributed by atoms with E-state index in [-0.39, 0.29) is 13.2 Å². The fourth-order valence-electron chi connectivity index (χ4n) is 0.990. The zero-order chi connectivity index (χ0) is 7.98. The Morgan fingerprint density at radius 2 is 1.50 bits per heavy atom. The standard InChI is InChI=1S/C8H17O2/c1-7(2)8(3-5-9)4-6-10/h7,9-10H,3-6H2,1-2H3. The molecule has 2 heteroatoms. The Bertz CT molecular complexity index is 65.7. The maximum Gasteiger partial charge on any atom is 0.0436 e. The lowest BCUT2D eigenvalue weighted by Gasteiger charge is -2.17. The largest absolute Gasteiger partial charge is 0.396 e. The average Bonchev–Trinajstić information content (AvgIpc) is 1.87. The minimum Gasteiger partial charge on any atom is -0.396 e. The van der Waals surface area contributed by atoms with Gasteiger partial charge in [0.05, 0.1) is 0 Å². The van der Waals surface area contributed by atoms with Crippen molar-refractivity contribution in [3.05, 3.63) is 5.92 Å².